The lowest BCUT2D eigenvalue weighted by Gasteiger charge is -2.46. The van der Waals surface area contributed by atoms with Gasteiger partial charge in [0.25, 0.3) is 5.91 Å². The third kappa shape index (κ3) is 2.77. The van der Waals surface area contributed by atoms with Gasteiger partial charge in [-0.1, -0.05) is 0 Å². The molecule has 30 heavy (non-hydrogen) atoms. The van der Waals surface area contributed by atoms with E-state index in [1.54, 1.807) is 36.9 Å². The van der Waals surface area contributed by atoms with Crippen molar-refractivity contribution in [1.82, 2.24) is 24.8 Å². The molecule has 5 heterocycles. The van der Waals surface area contributed by atoms with Crippen molar-refractivity contribution in [2.75, 3.05) is 44.7 Å². The standard InChI is InChI=1S/C22H26N6O2/c1-26-11-7-22(19(26)30)16-28(20-24-9-3-10-25-20)15-21(22)5-12-27(13-6-21)18(29)17-4-2-8-23-14-17/h2-4,8-10,14H,5-7,11-13,15-16H2,1H3/t22-/m0/s1. The topological polar surface area (TPSA) is 82.5 Å². The van der Waals surface area contributed by atoms with E-state index in [1.807, 2.05) is 22.9 Å². The highest BCUT2D eigenvalue weighted by Crippen LogP contribution is 2.58. The second-order valence-corrected chi connectivity index (χ2v) is 8.78. The van der Waals surface area contributed by atoms with Crippen molar-refractivity contribution in [1.29, 1.82) is 0 Å². The number of pyridine rings is 1. The van der Waals surface area contributed by atoms with E-state index in [9.17, 15) is 9.59 Å². The van der Waals surface area contributed by atoms with E-state index >= 15 is 0 Å². The third-order valence-corrected chi connectivity index (χ3v) is 7.35. The Labute approximate surface area is 175 Å². The van der Waals surface area contributed by atoms with Crippen molar-refractivity contribution >= 4 is 17.8 Å². The molecule has 3 fully saturated rings. The Hall–Kier alpha value is -3.03. The lowest BCUT2D eigenvalue weighted by atomic mass is 9.60. The van der Waals surface area contributed by atoms with E-state index in [0.29, 0.717) is 31.1 Å². The maximum absolute atomic E-state index is 13.4. The summed E-state index contributed by atoms with van der Waals surface area (Å²) in [6, 6.07) is 5.40. The van der Waals surface area contributed by atoms with Gasteiger partial charge < -0.3 is 14.7 Å². The smallest absolute Gasteiger partial charge is 0.255 e. The highest BCUT2D eigenvalue weighted by Gasteiger charge is 2.65. The molecule has 2 aromatic rings. The molecule has 5 rings (SSSR count). The van der Waals surface area contributed by atoms with Crippen LogP contribution in [0.15, 0.2) is 43.0 Å². The second kappa shape index (κ2) is 7.04. The number of amides is 2. The number of fused-ring (bicyclic) bond motifs is 1. The summed E-state index contributed by atoms with van der Waals surface area (Å²) in [5.41, 5.74) is 0.0232. The molecule has 0 bridgehead atoms. The molecule has 2 amide bonds. The molecule has 0 saturated carbocycles. The molecule has 3 saturated heterocycles. The molecule has 2 spiro atoms. The summed E-state index contributed by atoms with van der Waals surface area (Å²) in [6.07, 6.45) is 9.25. The molecule has 0 aliphatic carbocycles. The van der Waals surface area contributed by atoms with Crippen LogP contribution in [0.3, 0.4) is 0 Å². The summed E-state index contributed by atoms with van der Waals surface area (Å²) in [4.78, 5) is 45.2. The van der Waals surface area contributed by atoms with Crippen molar-refractivity contribution in [2.45, 2.75) is 19.3 Å². The Morgan fingerprint density at radius 2 is 1.77 bits per heavy atom. The molecule has 3 aliphatic heterocycles. The van der Waals surface area contributed by atoms with E-state index in [-0.39, 0.29) is 17.2 Å². The van der Waals surface area contributed by atoms with Gasteiger partial charge in [0.1, 0.15) is 0 Å². The lowest BCUT2D eigenvalue weighted by Crippen LogP contribution is -2.53. The van der Waals surface area contributed by atoms with Gasteiger partial charge in [0.2, 0.25) is 11.9 Å². The first-order chi connectivity index (χ1) is 14.5. The maximum Gasteiger partial charge on any atom is 0.255 e. The minimum atomic E-state index is -0.426. The minimum absolute atomic E-state index is 0.0168. The molecule has 3 aliphatic rings. The molecular weight excluding hydrogens is 380 g/mol. The first-order valence-corrected chi connectivity index (χ1v) is 10.5. The number of hydrogen-bond acceptors (Lipinski definition) is 6. The van der Waals surface area contributed by atoms with Gasteiger partial charge in [-0.3, -0.25) is 14.6 Å². The van der Waals surface area contributed by atoms with Crippen LogP contribution in [0.25, 0.3) is 0 Å². The van der Waals surface area contributed by atoms with Crippen molar-refractivity contribution in [2.24, 2.45) is 10.8 Å². The Morgan fingerprint density at radius 3 is 2.40 bits per heavy atom. The fraction of sp³-hybridized carbons (Fsp3) is 0.500. The molecule has 0 radical (unpaired) electrons. The van der Waals surface area contributed by atoms with E-state index in [0.717, 1.165) is 32.4 Å². The predicted octanol–water partition coefficient (Wildman–Crippen LogP) is 1.46. The van der Waals surface area contributed by atoms with Gasteiger partial charge in [0, 0.05) is 70.0 Å². The number of likely N-dealkylation sites (tertiary alicyclic amines) is 2. The summed E-state index contributed by atoms with van der Waals surface area (Å²) in [6.45, 7) is 3.48. The minimum Gasteiger partial charge on any atom is -0.345 e. The number of nitrogens with zero attached hydrogens (tertiary/aromatic N) is 6. The zero-order valence-corrected chi connectivity index (χ0v) is 17.2. The first-order valence-electron chi connectivity index (χ1n) is 10.5. The van der Waals surface area contributed by atoms with E-state index in [2.05, 4.69) is 19.9 Å². The van der Waals surface area contributed by atoms with Crippen LogP contribution in [-0.2, 0) is 4.79 Å². The molecular formula is C22H26N6O2. The van der Waals surface area contributed by atoms with Crippen molar-refractivity contribution in [3.05, 3.63) is 48.5 Å². The highest BCUT2D eigenvalue weighted by atomic mass is 16.2. The average molecular weight is 406 g/mol. The summed E-state index contributed by atoms with van der Waals surface area (Å²) in [5, 5.41) is 0. The monoisotopic (exact) mass is 406 g/mol. The van der Waals surface area contributed by atoms with E-state index in [1.165, 1.54) is 0 Å². The quantitative estimate of drug-likeness (QED) is 0.751. The SMILES string of the molecule is CN1CC[C@]2(CN(c3ncccn3)CC23CCN(C(=O)c2cccnc2)CC3)C1=O. The van der Waals surface area contributed by atoms with Crippen molar-refractivity contribution < 1.29 is 9.59 Å². The molecule has 8 heteroatoms. The highest BCUT2D eigenvalue weighted by molar-refractivity contribution is 5.94. The number of piperidine rings is 1. The average Bonchev–Trinajstić information content (AvgIpc) is 3.28. The van der Waals surface area contributed by atoms with Gasteiger partial charge in [0.05, 0.1) is 11.0 Å². The van der Waals surface area contributed by atoms with E-state index in [4.69, 9.17) is 0 Å². The number of carbonyl (C=O) groups is 2. The Kier molecular flexibility index (Phi) is 4.45. The van der Waals surface area contributed by atoms with Crippen LogP contribution in [0.1, 0.15) is 29.6 Å². The van der Waals surface area contributed by atoms with Crippen LogP contribution in [-0.4, -0.2) is 76.3 Å². The van der Waals surface area contributed by atoms with Crippen LogP contribution < -0.4 is 4.90 Å². The first kappa shape index (κ1) is 19.0. The predicted molar refractivity (Wildman–Crippen MR) is 111 cm³/mol. The number of rotatable bonds is 2. The van der Waals surface area contributed by atoms with Gasteiger partial charge in [-0.2, -0.15) is 0 Å². The number of aromatic nitrogens is 3. The molecule has 156 valence electrons. The Morgan fingerprint density at radius 1 is 1.00 bits per heavy atom. The third-order valence-electron chi connectivity index (χ3n) is 7.35. The van der Waals surface area contributed by atoms with Crippen molar-refractivity contribution in [3.8, 4) is 0 Å². The van der Waals surface area contributed by atoms with Gasteiger partial charge in [-0.05, 0) is 37.5 Å². The molecule has 0 aromatic carbocycles. The van der Waals surface area contributed by atoms with Gasteiger partial charge >= 0.3 is 0 Å². The maximum atomic E-state index is 13.4. The number of anilines is 1. The fourth-order valence-corrected chi connectivity index (χ4v) is 5.68. The largest absolute Gasteiger partial charge is 0.345 e. The summed E-state index contributed by atoms with van der Waals surface area (Å²) < 4.78 is 0. The summed E-state index contributed by atoms with van der Waals surface area (Å²) in [7, 11) is 1.90. The molecule has 0 unspecified atom stereocenters. The van der Waals surface area contributed by atoms with Gasteiger partial charge in [-0.15, -0.1) is 0 Å². The normalized spacial score (nSPS) is 25.5. The summed E-state index contributed by atoms with van der Waals surface area (Å²) >= 11 is 0. The fourth-order valence-electron chi connectivity index (χ4n) is 5.68. The Balaban J connectivity index is 1.42. The van der Waals surface area contributed by atoms with Crippen LogP contribution in [0.5, 0.6) is 0 Å². The Bertz CT molecular complexity index is 945. The number of carbonyl (C=O) groups excluding carboxylic acids is 2. The van der Waals surface area contributed by atoms with Crippen LogP contribution >= 0.6 is 0 Å². The van der Waals surface area contributed by atoms with Crippen LogP contribution in [0.4, 0.5) is 5.95 Å². The van der Waals surface area contributed by atoms with E-state index < -0.39 is 5.41 Å². The van der Waals surface area contributed by atoms with Gasteiger partial charge in [-0.25, -0.2) is 9.97 Å². The molecule has 8 nitrogen and oxygen atoms in total. The second-order valence-electron chi connectivity index (χ2n) is 8.78. The zero-order chi connectivity index (χ0) is 20.8. The van der Waals surface area contributed by atoms with Crippen molar-refractivity contribution in [3.63, 3.8) is 0 Å². The molecule has 0 N–H and O–H groups in total. The summed E-state index contributed by atoms with van der Waals surface area (Å²) in [5.74, 6) is 0.932. The lowest BCUT2D eigenvalue weighted by molar-refractivity contribution is -0.140. The van der Waals surface area contributed by atoms with Crippen LogP contribution in [0.2, 0.25) is 0 Å². The molecule has 1 atom stereocenters. The van der Waals surface area contributed by atoms with Crippen LogP contribution in [0, 0.1) is 10.8 Å². The molecule has 2 aromatic heterocycles. The zero-order valence-electron chi connectivity index (χ0n) is 17.2. The van der Waals surface area contributed by atoms with Gasteiger partial charge in [0.15, 0.2) is 0 Å². The number of hydrogen-bond donors (Lipinski definition) is 0.